The molecule has 0 aliphatic carbocycles. The average Bonchev–Trinajstić information content (AvgIpc) is 2.77. The molecule has 0 fully saturated rings. The molecule has 0 amide bonds. The summed E-state index contributed by atoms with van der Waals surface area (Å²) in [5, 5.41) is 21.7. The molecule has 0 aliphatic rings. The Kier molecular flexibility index (Phi) is 3.74. The maximum atomic E-state index is 11.0. The number of hydrogen-bond acceptors (Lipinski definition) is 6. The van der Waals surface area contributed by atoms with Crippen LogP contribution in [0.15, 0.2) is 23.1 Å². The van der Waals surface area contributed by atoms with Crippen LogP contribution in [0.3, 0.4) is 0 Å². The van der Waals surface area contributed by atoms with Crippen LogP contribution in [0.2, 0.25) is 0 Å². The highest BCUT2D eigenvalue weighted by molar-refractivity contribution is 9.10. The first-order chi connectivity index (χ1) is 8.99. The van der Waals surface area contributed by atoms with Crippen molar-refractivity contribution in [1.82, 2.24) is 19.7 Å². The van der Waals surface area contributed by atoms with Crippen molar-refractivity contribution < 1.29 is 4.92 Å². The molecule has 0 saturated heterocycles. The lowest BCUT2D eigenvalue weighted by atomic mass is 10.3. The number of rotatable bonds is 4. The number of nitrogens with one attached hydrogen (secondary N) is 1. The Balaban J connectivity index is 2.29. The minimum atomic E-state index is -0.483. The third-order valence-corrected chi connectivity index (χ3v) is 2.95. The van der Waals surface area contributed by atoms with Crippen molar-refractivity contribution in [2.45, 2.75) is 13.0 Å². The van der Waals surface area contributed by atoms with Crippen molar-refractivity contribution >= 4 is 27.4 Å². The molecule has 0 radical (unpaired) electrons. The molecule has 0 bridgehead atoms. The molecule has 1 unspecified atom stereocenters. The van der Waals surface area contributed by atoms with E-state index in [0.717, 1.165) is 0 Å². The number of pyridine rings is 1. The molecule has 2 heterocycles. The van der Waals surface area contributed by atoms with Gasteiger partial charge in [0.25, 0.3) is 0 Å². The molecular weight excluding hydrogens is 316 g/mol. The highest BCUT2D eigenvalue weighted by atomic mass is 79.9. The lowest BCUT2D eigenvalue weighted by molar-refractivity contribution is -0.384. The number of anilines is 1. The van der Waals surface area contributed by atoms with Crippen LogP contribution < -0.4 is 5.32 Å². The molecule has 8 nitrogen and oxygen atoms in total. The summed E-state index contributed by atoms with van der Waals surface area (Å²) in [6.07, 6.45) is 3.07. The Labute approximate surface area is 117 Å². The first kappa shape index (κ1) is 13.4. The van der Waals surface area contributed by atoms with Gasteiger partial charge < -0.3 is 9.88 Å². The zero-order valence-corrected chi connectivity index (χ0v) is 11.8. The van der Waals surface area contributed by atoms with E-state index in [2.05, 4.69) is 36.4 Å². The maximum Gasteiger partial charge on any atom is 0.312 e. The summed E-state index contributed by atoms with van der Waals surface area (Å²) in [6, 6.07) is 1.15. The van der Waals surface area contributed by atoms with E-state index in [1.807, 2.05) is 6.92 Å². The average molecular weight is 327 g/mol. The van der Waals surface area contributed by atoms with Crippen LogP contribution in [0.1, 0.15) is 18.8 Å². The van der Waals surface area contributed by atoms with Crippen LogP contribution in [-0.4, -0.2) is 24.7 Å². The molecule has 0 spiro atoms. The predicted octanol–water partition coefficient (Wildman–Crippen LogP) is 2.05. The number of nitro groups is 1. The third-order valence-electron chi connectivity index (χ3n) is 2.52. The molecule has 0 aromatic carbocycles. The van der Waals surface area contributed by atoms with Crippen molar-refractivity contribution in [3.8, 4) is 0 Å². The van der Waals surface area contributed by atoms with E-state index in [-0.39, 0.29) is 17.5 Å². The summed E-state index contributed by atoms with van der Waals surface area (Å²) in [5.74, 6) is 0.864. The first-order valence-electron chi connectivity index (χ1n) is 5.39. The molecule has 0 saturated carbocycles. The van der Waals surface area contributed by atoms with E-state index in [4.69, 9.17) is 0 Å². The molecular formula is C10H11BrN6O2. The second-order valence-electron chi connectivity index (χ2n) is 3.94. The van der Waals surface area contributed by atoms with Crippen molar-refractivity contribution in [2.24, 2.45) is 7.05 Å². The maximum absolute atomic E-state index is 11.0. The number of aromatic nitrogens is 4. The van der Waals surface area contributed by atoms with Crippen LogP contribution in [-0.2, 0) is 7.05 Å². The van der Waals surface area contributed by atoms with Crippen molar-refractivity contribution in [2.75, 3.05) is 5.32 Å². The topological polar surface area (TPSA) is 98.8 Å². The summed E-state index contributed by atoms with van der Waals surface area (Å²) in [7, 11) is 1.80. The molecule has 2 rings (SSSR count). The SMILES string of the molecule is CC(Nc1ncc(Br)cc1[N+](=O)[O-])c1nncn1C. The molecule has 9 heteroatoms. The summed E-state index contributed by atoms with van der Waals surface area (Å²) in [5.41, 5.74) is -0.0941. The molecule has 2 aromatic rings. The Bertz CT molecular complexity index is 614. The minimum Gasteiger partial charge on any atom is -0.355 e. The Morgan fingerprint density at radius 2 is 2.32 bits per heavy atom. The molecule has 1 atom stereocenters. The van der Waals surface area contributed by atoms with Gasteiger partial charge in [0.1, 0.15) is 6.33 Å². The lowest BCUT2D eigenvalue weighted by Gasteiger charge is -2.13. The van der Waals surface area contributed by atoms with Crippen LogP contribution in [0, 0.1) is 10.1 Å². The smallest absolute Gasteiger partial charge is 0.312 e. The van der Waals surface area contributed by atoms with Gasteiger partial charge in [0.15, 0.2) is 5.82 Å². The molecule has 100 valence electrons. The van der Waals surface area contributed by atoms with Gasteiger partial charge in [-0.15, -0.1) is 10.2 Å². The predicted molar refractivity (Wildman–Crippen MR) is 71.6 cm³/mol. The van der Waals surface area contributed by atoms with Gasteiger partial charge >= 0.3 is 5.69 Å². The fraction of sp³-hybridized carbons (Fsp3) is 0.300. The zero-order valence-electron chi connectivity index (χ0n) is 10.2. The number of nitrogens with zero attached hydrogens (tertiary/aromatic N) is 5. The normalized spacial score (nSPS) is 12.2. The Morgan fingerprint density at radius 3 is 2.89 bits per heavy atom. The third kappa shape index (κ3) is 2.87. The highest BCUT2D eigenvalue weighted by Crippen LogP contribution is 2.27. The summed E-state index contributed by atoms with van der Waals surface area (Å²) in [4.78, 5) is 14.5. The quantitative estimate of drug-likeness (QED) is 0.682. The van der Waals surface area contributed by atoms with E-state index >= 15 is 0 Å². The van der Waals surface area contributed by atoms with Gasteiger partial charge in [-0.25, -0.2) is 4.98 Å². The first-order valence-corrected chi connectivity index (χ1v) is 6.18. The van der Waals surface area contributed by atoms with E-state index in [0.29, 0.717) is 10.3 Å². The summed E-state index contributed by atoms with van der Waals surface area (Å²) >= 11 is 3.16. The van der Waals surface area contributed by atoms with Gasteiger partial charge in [0.05, 0.1) is 11.0 Å². The lowest BCUT2D eigenvalue weighted by Crippen LogP contribution is -2.13. The van der Waals surface area contributed by atoms with E-state index < -0.39 is 4.92 Å². The molecule has 0 aliphatic heterocycles. The van der Waals surface area contributed by atoms with Gasteiger partial charge in [0.2, 0.25) is 5.82 Å². The van der Waals surface area contributed by atoms with E-state index in [1.54, 1.807) is 17.9 Å². The summed E-state index contributed by atoms with van der Waals surface area (Å²) < 4.78 is 2.29. The number of hydrogen-bond donors (Lipinski definition) is 1. The zero-order chi connectivity index (χ0) is 14.0. The second kappa shape index (κ2) is 5.31. The van der Waals surface area contributed by atoms with Gasteiger partial charge in [0, 0.05) is 23.8 Å². The fourth-order valence-corrected chi connectivity index (χ4v) is 1.95. The minimum absolute atomic E-state index is 0.0941. The van der Waals surface area contributed by atoms with E-state index in [1.165, 1.54) is 12.3 Å². The monoisotopic (exact) mass is 326 g/mol. The number of aryl methyl sites for hydroxylation is 1. The fourth-order valence-electron chi connectivity index (χ4n) is 1.63. The van der Waals surface area contributed by atoms with Gasteiger partial charge in [-0.2, -0.15) is 0 Å². The van der Waals surface area contributed by atoms with Crippen LogP contribution >= 0.6 is 15.9 Å². The van der Waals surface area contributed by atoms with Gasteiger partial charge in [-0.3, -0.25) is 10.1 Å². The van der Waals surface area contributed by atoms with Crippen molar-refractivity contribution in [1.29, 1.82) is 0 Å². The molecule has 2 aromatic heterocycles. The molecule has 1 N–H and O–H groups in total. The van der Waals surface area contributed by atoms with Gasteiger partial charge in [-0.05, 0) is 22.9 Å². The Hall–Kier alpha value is -2.03. The molecule has 19 heavy (non-hydrogen) atoms. The van der Waals surface area contributed by atoms with Crippen LogP contribution in [0.4, 0.5) is 11.5 Å². The van der Waals surface area contributed by atoms with E-state index in [9.17, 15) is 10.1 Å². The van der Waals surface area contributed by atoms with Crippen molar-refractivity contribution in [3.63, 3.8) is 0 Å². The highest BCUT2D eigenvalue weighted by Gasteiger charge is 2.20. The largest absolute Gasteiger partial charge is 0.355 e. The van der Waals surface area contributed by atoms with Crippen LogP contribution in [0.5, 0.6) is 0 Å². The van der Waals surface area contributed by atoms with Crippen LogP contribution in [0.25, 0.3) is 0 Å². The second-order valence-corrected chi connectivity index (χ2v) is 4.86. The standard InChI is InChI=1S/C10H11BrN6O2/c1-6(10-15-13-5-16(10)2)14-9-8(17(18)19)3-7(11)4-12-9/h3-6H,1-2H3,(H,12,14). The van der Waals surface area contributed by atoms with Crippen molar-refractivity contribution in [3.05, 3.63) is 39.0 Å². The van der Waals surface area contributed by atoms with Gasteiger partial charge in [-0.1, -0.05) is 0 Å². The number of halogens is 1. The summed E-state index contributed by atoms with van der Waals surface area (Å²) in [6.45, 7) is 1.83. The Morgan fingerprint density at radius 1 is 1.58 bits per heavy atom.